The van der Waals surface area contributed by atoms with E-state index in [9.17, 15) is 0 Å². The molecule has 60 valence electrons. The average Bonchev–Trinajstić information content (AvgIpc) is 1.69. The molecule has 0 aromatic heterocycles. The minimum Gasteiger partial charge on any atom is -0.269 e. The third-order valence-corrected chi connectivity index (χ3v) is 0.940. The maximum atomic E-state index is 2.08. The molecule has 0 fully saturated rings. The van der Waals surface area contributed by atoms with Gasteiger partial charge in [-0.2, -0.15) is 0 Å². The summed E-state index contributed by atoms with van der Waals surface area (Å²) >= 11 is 0. The normalized spacial score (nSPS) is 6.10. The first-order chi connectivity index (χ1) is 3.39. The van der Waals surface area contributed by atoms with E-state index in [1.54, 1.807) is 0 Å². The molecule has 0 aliphatic heterocycles. The average molecular weight is 322 g/mol. The van der Waals surface area contributed by atoms with Gasteiger partial charge in [0.05, 0.1) is 0 Å². The summed E-state index contributed by atoms with van der Waals surface area (Å²) in [5.41, 5.74) is 1.32. The van der Waals surface area contributed by atoms with Gasteiger partial charge in [-0.05, 0) is 6.92 Å². The molecule has 10 heavy (non-hydrogen) atoms. The second-order valence-electron chi connectivity index (χ2n) is 1.65. The smallest absolute Gasteiger partial charge is 0 e. The molecule has 0 aliphatic rings. The van der Waals surface area contributed by atoms with Crippen molar-refractivity contribution in [3.8, 4) is 0 Å². The quantitative estimate of drug-likeness (QED) is 0.688. The molecular weight excluding hydrogens is 312 g/mol. The molecule has 0 nitrogen and oxygen atoms in total. The Labute approximate surface area is 72.4 Å². The molecule has 0 unspecified atom stereocenters. The van der Waals surface area contributed by atoms with Crippen LogP contribution in [0.15, 0.2) is 30.3 Å². The standard InChI is InChI=1S/C7H8.2FH.Os/c1-7-5-3-2-4-6-7;;;/h2-6H,1H3;2*1H;. The number of hydrogen-bond donors (Lipinski definition) is 0. The predicted molar refractivity (Wildman–Crippen MR) is 36.2 cm³/mol. The molecular formula is C7H10F2Os. The van der Waals surface area contributed by atoms with Crippen LogP contribution in [0.2, 0.25) is 0 Å². The van der Waals surface area contributed by atoms with Gasteiger partial charge in [-0.15, -0.1) is 0 Å². The zero-order valence-corrected chi connectivity index (χ0v) is 8.10. The summed E-state index contributed by atoms with van der Waals surface area (Å²) in [7, 11) is 0. The molecule has 0 heterocycles. The Morgan fingerprint density at radius 3 is 1.50 bits per heavy atom. The van der Waals surface area contributed by atoms with Crippen LogP contribution in [-0.4, -0.2) is 0 Å². The summed E-state index contributed by atoms with van der Waals surface area (Å²) < 4.78 is 0. The van der Waals surface area contributed by atoms with Crippen molar-refractivity contribution in [1.82, 2.24) is 0 Å². The molecule has 0 atom stereocenters. The van der Waals surface area contributed by atoms with Crippen molar-refractivity contribution in [3.63, 3.8) is 0 Å². The molecule has 1 rings (SSSR count). The van der Waals surface area contributed by atoms with Crippen molar-refractivity contribution in [2.75, 3.05) is 0 Å². The largest absolute Gasteiger partial charge is 0.269 e. The summed E-state index contributed by atoms with van der Waals surface area (Å²) in [5, 5.41) is 0. The first-order valence-electron chi connectivity index (χ1n) is 2.41. The first-order valence-corrected chi connectivity index (χ1v) is 2.41. The fourth-order valence-corrected chi connectivity index (χ4v) is 0.534. The maximum Gasteiger partial charge on any atom is 0 e. The van der Waals surface area contributed by atoms with E-state index in [0.29, 0.717) is 0 Å². The summed E-state index contributed by atoms with van der Waals surface area (Å²) in [6, 6.07) is 10.3. The Morgan fingerprint density at radius 1 is 0.900 bits per heavy atom. The third-order valence-electron chi connectivity index (χ3n) is 0.940. The van der Waals surface area contributed by atoms with Crippen molar-refractivity contribution in [1.29, 1.82) is 0 Å². The van der Waals surface area contributed by atoms with Crippen molar-refractivity contribution < 1.29 is 29.2 Å². The van der Waals surface area contributed by atoms with Crippen LogP contribution >= 0.6 is 0 Å². The summed E-state index contributed by atoms with van der Waals surface area (Å²) in [5.74, 6) is 0. The van der Waals surface area contributed by atoms with Crippen LogP contribution in [0.3, 0.4) is 0 Å². The van der Waals surface area contributed by atoms with Gasteiger partial charge < -0.3 is 0 Å². The molecule has 3 heteroatoms. The van der Waals surface area contributed by atoms with Gasteiger partial charge in [0.15, 0.2) is 0 Å². The second kappa shape index (κ2) is 8.72. The summed E-state index contributed by atoms with van der Waals surface area (Å²) in [6.45, 7) is 2.08. The van der Waals surface area contributed by atoms with Crippen LogP contribution in [0.4, 0.5) is 9.41 Å². The zero-order chi connectivity index (χ0) is 5.11. The Kier molecular flexibility index (Phi) is 14.3. The molecule has 0 bridgehead atoms. The minimum atomic E-state index is 0. The van der Waals surface area contributed by atoms with Crippen LogP contribution in [-0.2, 0) is 19.8 Å². The minimum absolute atomic E-state index is 0. The fourth-order valence-electron chi connectivity index (χ4n) is 0.534. The van der Waals surface area contributed by atoms with E-state index in [-0.39, 0.29) is 29.2 Å². The van der Waals surface area contributed by atoms with Crippen LogP contribution in [0.25, 0.3) is 0 Å². The van der Waals surface area contributed by atoms with Crippen LogP contribution in [0, 0.1) is 6.92 Å². The van der Waals surface area contributed by atoms with Crippen LogP contribution in [0.1, 0.15) is 5.56 Å². The van der Waals surface area contributed by atoms with Gasteiger partial charge in [0.2, 0.25) is 0 Å². The molecule has 0 radical (unpaired) electrons. The Morgan fingerprint density at radius 2 is 1.30 bits per heavy atom. The molecule has 0 spiro atoms. The molecule has 0 saturated heterocycles. The monoisotopic (exact) mass is 324 g/mol. The van der Waals surface area contributed by atoms with Crippen molar-refractivity contribution in [3.05, 3.63) is 35.9 Å². The van der Waals surface area contributed by atoms with E-state index in [2.05, 4.69) is 19.1 Å². The fraction of sp³-hybridized carbons (Fsp3) is 0.143. The van der Waals surface area contributed by atoms with E-state index in [0.717, 1.165) is 0 Å². The van der Waals surface area contributed by atoms with Gasteiger partial charge in [0, 0.05) is 19.8 Å². The number of rotatable bonds is 0. The van der Waals surface area contributed by atoms with E-state index in [1.165, 1.54) is 5.56 Å². The summed E-state index contributed by atoms with van der Waals surface area (Å²) in [4.78, 5) is 0. The zero-order valence-electron chi connectivity index (χ0n) is 5.56. The summed E-state index contributed by atoms with van der Waals surface area (Å²) in [6.07, 6.45) is 0. The number of halogens is 2. The van der Waals surface area contributed by atoms with Crippen LogP contribution in [0.5, 0.6) is 0 Å². The van der Waals surface area contributed by atoms with E-state index in [4.69, 9.17) is 0 Å². The van der Waals surface area contributed by atoms with Crippen molar-refractivity contribution in [2.45, 2.75) is 6.92 Å². The van der Waals surface area contributed by atoms with Gasteiger partial charge in [-0.25, -0.2) is 0 Å². The predicted octanol–water partition coefficient (Wildman–Crippen LogP) is 2.30. The number of benzene rings is 1. The van der Waals surface area contributed by atoms with Crippen molar-refractivity contribution >= 4 is 0 Å². The Bertz CT molecular complexity index is 142. The van der Waals surface area contributed by atoms with E-state index >= 15 is 0 Å². The molecule has 0 aliphatic carbocycles. The molecule has 0 N–H and O–H groups in total. The maximum absolute atomic E-state index is 2.08. The van der Waals surface area contributed by atoms with Gasteiger partial charge in [-0.1, -0.05) is 35.9 Å². The second-order valence-corrected chi connectivity index (χ2v) is 1.65. The van der Waals surface area contributed by atoms with Gasteiger partial charge in [-0.3, -0.25) is 9.41 Å². The topological polar surface area (TPSA) is 0 Å². The van der Waals surface area contributed by atoms with E-state index < -0.39 is 0 Å². The SMILES string of the molecule is Cc1ccccc1.F.F.[Os]. The first kappa shape index (κ1) is 16.4. The number of aryl methyl sites for hydroxylation is 1. The number of hydrogen-bond acceptors (Lipinski definition) is 0. The van der Waals surface area contributed by atoms with Gasteiger partial charge in [0.1, 0.15) is 0 Å². The van der Waals surface area contributed by atoms with Crippen LogP contribution < -0.4 is 0 Å². The third kappa shape index (κ3) is 5.85. The van der Waals surface area contributed by atoms with Crippen molar-refractivity contribution in [2.24, 2.45) is 0 Å². The molecule has 1 aromatic rings. The molecule has 1 aromatic carbocycles. The van der Waals surface area contributed by atoms with E-state index in [1.807, 2.05) is 18.2 Å². The Balaban J connectivity index is -0.000000163. The molecule has 0 saturated carbocycles. The Hall–Kier alpha value is -0.284. The van der Waals surface area contributed by atoms with Gasteiger partial charge >= 0.3 is 0 Å². The molecule has 0 amide bonds. The van der Waals surface area contributed by atoms with Gasteiger partial charge in [0.25, 0.3) is 0 Å².